The average Bonchev–Trinajstić information content (AvgIpc) is 3.01. The number of allylic oxidation sites excluding steroid dienone is 4. The summed E-state index contributed by atoms with van der Waals surface area (Å²) in [6, 6.07) is 26.5. The number of aryl methyl sites for hydroxylation is 1. The Kier molecular flexibility index (Phi) is 7.78. The third kappa shape index (κ3) is 4.54. The number of ether oxygens (including phenoxy) is 2. The lowest BCUT2D eigenvalue weighted by atomic mass is 9.40. The first-order valence-corrected chi connectivity index (χ1v) is 14.7. The minimum Gasteiger partial charge on any atom is -0.454 e. The van der Waals surface area contributed by atoms with Crippen molar-refractivity contribution in [3.63, 3.8) is 0 Å². The minimum atomic E-state index is -0.742. The van der Waals surface area contributed by atoms with Gasteiger partial charge in [0.15, 0.2) is 0 Å². The van der Waals surface area contributed by atoms with Crippen LogP contribution in [0.3, 0.4) is 0 Å². The van der Waals surface area contributed by atoms with E-state index in [4.69, 9.17) is 9.47 Å². The molecule has 0 amide bonds. The van der Waals surface area contributed by atoms with Crippen molar-refractivity contribution in [2.75, 3.05) is 0 Å². The molecule has 6 atom stereocenters. The summed E-state index contributed by atoms with van der Waals surface area (Å²) in [6.07, 6.45) is 8.72. The zero-order chi connectivity index (χ0) is 29.3. The van der Waals surface area contributed by atoms with Crippen LogP contribution in [0.4, 0.5) is 0 Å². The van der Waals surface area contributed by atoms with Gasteiger partial charge in [-0.05, 0) is 61.1 Å². The summed E-state index contributed by atoms with van der Waals surface area (Å²) in [4.78, 5) is 27.7. The van der Waals surface area contributed by atoms with Crippen LogP contribution in [-0.4, -0.2) is 24.1 Å². The molecule has 1 saturated carbocycles. The lowest BCUT2D eigenvalue weighted by Gasteiger charge is -2.66. The lowest BCUT2D eigenvalue weighted by Crippen LogP contribution is -2.70. The molecule has 4 heteroatoms. The van der Waals surface area contributed by atoms with Crippen molar-refractivity contribution in [1.29, 1.82) is 0 Å². The van der Waals surface area contributed by atoms with Gasteiger partial charge in [-0.1, -0.05) is 113 Å². The van der Waals surface area contributed by atoms with Crippen LogP contribution in [-0.2, 0) is 14.9 Å². The first kappa shape index (κ1) is 28.6. The fourth-order valence-electron chi connectivity index (χ4n) is 7.56. The molecule has 3 aromatic rings. The van der Waals surface area contributed by atoms with E-state index >= 15 is 0 Å². The number of esters is 2. The predicted molar refractivity (Wildman–Crippen MR) is 163 cm³/mol. The summed E-state index contributed by atoms with van der Waals surface area (Å²) in [5.74, 6) is -0.848. The molecule has 0 bridgehead atoms. The van der Waals surface area contributed by atoms with Crippen LogP contribution < -0.4 is 0 Å². The maximum Gasteiger partial charge on any atom is 0.338 e. The largest absolute Gasteiger partial charge is 0.454 e. The molecule has 5 rings (SSSR count). The van der Waals surface area contributed by atoms with Crippen LogP contribution in [0.15, 0.2) is 109 Å². The number of hydrogen-bond acceptors (Lipinski definition) is 4. The topological polar surface area (TPSA) is 52.6 Å². The fourth-order valence-corrected chi connectivity index (χ4v) is 7.56. The summed E-state index contributed by atoms with van der Waals surface area (Å²) < 4.78 is 13.3. The zero-order valence-corrected chi connectivity index (χ0v) is 24.7. The number of carbonyl (C=O) groups excluding carboxylic acids is 2. The van der Waals surface area contributed by atoms with Crippen LogP contribution in [0.1, 0.15) is 72.4 Å². The number of fused-ring (bicyclic) bond motifs is 1. The Hall–Kier alpha value is -3.92. The summed E-state index contributed by atoms with van der Waals surface area (Å²) in [5, 5.41) is 0. The van der Waals surface area contributed by atoms with Gasteiger partial charge in [-0.15, -0.1) is 0 Å². The van der Waals surface area contributed by atoms with E-state index in [0.717, 1.165) is 17.5 Å². The Labute approximate surface area is 244 Å². The molecule has 0 N–H and O–H groups in total. The van der Waals surface area contributed by atoms with Gasteiger partial charge in [0, 0.05) is 16.2 Å². The number of rotatable bonds is 7. The number of hydrogen-bond donors (Lipinski definition) is 0. The van der Waals surface area contributed by atoms with Crippen molar-refractivity contribution >= 4 is 11.9 Å². The van der Waals surface area contributed by atoms with Gasteiger partial charge < -0.3 is 9.47 Å². The highest BCUT2D eigenvalue weighted by Gasteiger charge is 2.69. The summed E-state index contributed by atoms with van der Waals surface area (Å²) >= 11 is 0. The Morgan fingerprint density at radius 3 is 1.78 bits per heavy atom. The van der Waals surface area contributed by atoms with E-state index in [1.54, 1.807) is 24.3 Å². The predicted octanol–water partition coefficient (Wildman–Crippen LogP) is 8.27. The Balaban J connectivity index is 1.77. The monoisotopic (exact) mass is 548 g/mol. The fraction of sp³-hybridized carbons (Fsp3) is 0.351. The number of carbonyl (C=O) groups is 2. The van der Waals surface area contributed by atoms with Crippen LogP contribution in [0.5, 0.6) is 0 Å². The van der Waals surface area contributed by atoms with Gasteiger partial charge in [0.1, 0.15) is 12.2 Å². The molecule has 4 nitrogen and oxygen atoms in total. The molecule has 2 aliphatic carbocycles. The maximum absolute atomic E-state index is 13.9. The van der Waals surface area contributed by atoms with Crippen molar-refractivity contribution in [3.8, 4) is 0 Å². The number of benzene rings is 3. The second-order valence-corrected chi connectivity index (χ2v) is 11.9. The van der Waals surface area contributed by atoms with Gasteiger partial charge in [-0.3, -0.25) is 0 Å². The molecule has 2 aliphatic rings. The molecular weight excluding hydrogens is 508 g/mol. The normalized spacial score (nSPS) is 30.3. The second-order valence-electron chi connectivity index (χ2n) is 11.9. The van der Waals surface area contributed by atoms with Crippen LogP contribution in [0.2, 0.25) is 0 Å². The highest BCUT2D eigenvalue weighted by atomic mass is 16.6. The van der Waals surface area contributed by atoms with E-state index in [-0.39, 0.29) is 5.92 Å². The zero-order valence-electron chi connectivity index (χ0n) is 24.7. The van der Waals surface area contributed by atoms with Gasteiger partial charge in [0.05, 0.1) is 11.1 Å². The van der Waals surface area contributed by atoms with Crippen molar-refractivity contribution in [1.82, 2.24) is 0 Å². The average molecular weight is 549 g/mol. The summed E-state index contributed by atoms with van der Waals surface area (Å²) in [7, 11) is 0. The molecule has 1 fully saturated rings. The molecule has 0 aliphatic heterocycles. The highest BCUT2D eigenvalue weighted by Crippen LogP contribution is 2.66. The smallest absolute Gasteiger partial charge is 0.338 e. The molecule has 212 valence electrons. The summed E-state index contributed by atoms with van der Waals surface area (Å²) in [5.41, 5.74) is 1.57. The molecule has 0 heterocycles. The minimum absolute atomic E-state index is 0.0173. The van der Waals surface area contributed by atoms with E-state index in [2.05, 4.69) is 71.1 Å². The molecule has 0 aromatic heterocycles. The first-order valence-electron chi connectivity index (χ1n) is 14.7. The first-order chi connectivity index (χ1) is 19.7. The maximum atomic E-state index is 13.9. The Morgan fingerprint density at radius 2 is 1.24 bits per heavy atom. The van der Waals surface area contributed by atoms with Gasteiger partial charge in [-0.2, -0.15) is 0 Å². The van der Waals surface area contributed by atoms with E-state index < -0.39 is 40.4 Å². The van der Waals surface area contributed by atoms with Gasteiger partial charge >= 0.3 is 11.9 Å². The molecule has 0 radical (unpaired) electrons. The van der Waals surface area contributed by atoms with E-state index in [1.165, 1.54) is 0 Å². The van der Waals surface area contributed by atoms with Crippen molar-refractivity contribution < 1.29 is 19.1 Å². The highest BCUT2D eigenvalue weighted by molar-refractivity contribution is 5.90. The third-order valence-corrected chi connectivity index (χ3v) is 10.2. The molecular formula is C37H40O4. The van der Waals surface area contributed by atoms with Gasteiger partial charge in [-0.25, -0.2) is 9.59 Å². The molecule has 0 saturated heterocycles. The Bertz CT molecular complexity index is 1460. The molecule has 0 spiro atoms. The van der Waals surface area contributed by atoms with Crippen molar-refractivity contribution in [2.45, 2.75) is 65.1 Å². The van der Waals surface area contributed by atoms with E-state index in [0.29, 0.717) is 17.5 Å². The summed E-state index contributed by atoms with van der Waals surface area (Å²) in [6.45, 7) is 10.9. The van der Waals surface area contributed by atoms with Gasteiger partial charge in [0.2, 0.25) is 0 Å². The Morgan fingerprint density at radius 1 is 0.707 bits per heavy atom. The van der Waals surface area contributed by atoms with Crippen molar-refractivity contribution in [3.05, 3.63) is 131 Å². The van der Waals surface area contributed by atoms with E-state index in [9.17, 15) is 9.59 Å². The molecule has 3 aromatic carbocycles. The SMILES string of the molecule is CCC1(c2ccccc2C)C(OC(=O)c2ccccc2)C(OC(=O)c2ccccc2)C(C)(CC)C2(C)C=CC=CC12. The van der Waals surface area contributed by atoms with Crippen LogP contribution in [0.25, 0.3) is 0 Å². The third-order valence-electron chi connectivity index (χ3n) is 10.2. The van der Waals surface area contributed by atoms with Gasteiger partial charge in [0.25, 0.3) is 0 Å². The molecule has 41 heavy (non-hydrogen) atoms. The molecule has 6 unspecified atom stereocenters. The van der Waals surface area contributed by atoms with Crippen LogP contribution in [0, 0.1) is 23.7 Å². The quantitative estimate of drug-likeness (QED) is 0.279. The van der Waals surface area contributed by atoms with Crippen LogP contribution >= 0.6 is 0 Å². The lowest BCUT2D eigenvalue weighted by molar-refractivity contribution is -0.199. The standard InChI is InChI=1S/C37H40O4/c1-6-35(4)31(40-33(38)27-19-10-8-11-20-27)32(41-34(39)28-21-12-9-13-22-28)37(7-2,29-23-15-14-18-26(29)3)30-24-16-17-25-36(30,35)5/h8-25,30-32H,6-7H2,1-5H3. The second kappa shape index (κ2) is 11.2. The van der Waals surface area contributed by atoms with Crippen molar-refractivity contribution in [2.24, 2.45) is 16.7 Å². The van der Waals surface area contributed by atoms with E-state index in [1.807, 2.05) is 48.5 Å².